The minimum Gasteiger partial charge on any atom is -0.494 e. The van der Waals surface area contributed by atoms with Gasteiger partial charge in [-0.1, -0.05) is 18.2 Å². The summed E-state index contributed by atoms with van der Waals surface area (Å²) in [4.78, 5) is 0. The Morgan fingerprint density at radius 3 is 2.67 bits per heavy atom. The fraction of sp³-hybridized carbons (Fsp3) is 0.571. The van der Waals surface area contributed by atoms with Gasteiger partial charge in [-0.3, -0.25) is 0 Å². The largest absolute Gasteiger partial charge is 0.494 e. The lowest BCUT2D eigenvalue weighted by molar-refractivity contribution is -0.150. The van der Waals surface area contributed by atoms with E-state index in [1.54, 1.807) is 0 Å². The van der Waals surface area contributed by atoms with Crippen LogP contribution in [-0.4, -0.2) is 25.6 Å². The molecule has 1 fully saturated rings. The van der Waals surface area contributed by atoms with E-state index in [2.05, 4.69) is 0 Å². The lowest BCUT2D eigenvalue weighted by atomic mass is 9.99. The summed E-state index contributed by atoms with van der Waals surface area (Å²) in [7, 11) is 0. The zero-order valence-electron chi connectivity index (χ0n) is 11.0. The van der Waals surface area contributed by atoms with Crippen molar-refractivity contribution in [2.24, 2.45) is 5.73 Å². The number of ether oxygens (including phenoxy) is 3. The van der Waals surface area contributed by atoms with Crippen molar-refractivity contribution in [1.82, 2.24) is 0 Å². The SMILES string of the molecule is CCOc1ccccc1C(N)CC1(C)OCCO1. The van der Waals surface area contributed by atoms with Crippen LogP contribution in [0.2, 0.25) is 0 Å². The van der Waals surface area contributed by atoms with Crippen molar-refractivity contribution in [3.05, 3.63) is 29.8 Å². The first-order valence-corrected chi connectivity index (χ1v) is 6.40. The van der Waals surface area contributed by atoms with Crippen LogP contribution in [0.25, 0.3) is 0 Å². The smallest absolute Gasteiger partial charge is 0.167 e. The Balaban J connectivity index is 2.10. The highest BCUT2D eigenvalue weighted by molar-refractivity contribution is 5.35. The molecular formula is C14H21NO3. The highest BCUT2D eigenvalue weighted by Gasteiger charge is 2.33. The van der Waals surface area contributed by atoms with Crippen LogP contribution in [0.3, 0.4) is 0 Å². The van der Waals surface area contributed by atoms with Gasteiger partial charge < -0.3 is 19.9 Å². The van der Waals surface area contributed by atoms with E-state index >= 15 is 0 Å². The molecule has 1 aromatic carbocycles. The summed E-state index contributed by atoms with van der Waals surface area (Å²) in [5.41, 5.74) is 7.25. The van der Waals surface area contributed by atoms with Crippen LogP contribution in [0.4, 0.5) is 0 Å². The normalized spacial score (nSPS) is 19.7. The molecule has 0 bridgehead atoms. The Morgan fingerprint density at radius 2 is 2.00 bits per heavy atom. The average Bonchev–Trinajstić information content (AvgIpc) is 2.77. The molecule has 4 heteroatoms. The number of hydrogen-bond acceptors (Lipinski definition) is 4. The van der Waals surface area contributed by atoms with Gasteiger partial charge >= 0.3 is 0 Å². The van der Waals surface area contributed by atoms with Crippen molar-refractivity contribution in [3.63, 3.8) is 0 Å². The number of nitrogens with two attached hydrogens (primary N) is 1. The molecule has 2 N–H and O–H groups in total. The summed E-state index contributed by atoms with van der Waals surface area (Å²) < 4.78 is 16.8. The van der Waals surface area contributed by atoms with Crippen molar-refractivity contribution >= 4 is 0 Å². The Labute approximate surface area is 108 Å². The second kappa shape index (κ2) is 5.69. The van der Waals surface area contributed by atoms with Gasteiger partial charge in [0.2, 0.25) is 0 Å². The molecule has 0 radical (unpaired) electrons. The third-order valence-electron chi connectivity index (χ3n) is 3.11. The third-order valence-corrected chi connectivity index (χ3v) is 3.11. The quantitative estimate of drug-likeness (QED) is 0.872. The van der Waals surface area contributed by atoms with Crippen molar-refractivity contribution < 1.29 is 14.2 Å². The Kier molecular flexibility index (Phi) is 4.22. The highest BCUT2D eigenvalue weighted by Crippen LogP contribution is 2.32. The minimum absolute atomic E-state index is 0.157. The van der Waals surface area contributed by atoms with Crippen LogP contribution < -0.4 is 10.5 Å². The summed E-state index contributed by atoms with van der Waals surface area (Å²) in [6.45, 7) is 5.80. The molecule has 4 nitrogen and oxygen atoms in total. The lowest BCUT2D eigenvalue weighted by Crippen LogP contribution is -2.31. The highest BCUT2D eigenvalue weighted by atomic mass is 16.7. The molecule has 0 aromatic heterocycles. The molecule has 2 rings (SSSR count). The van der Waals surface area contributed by atoms with E-state index in [-0.39, 0.29) is 6.04 Å². The van der Waals surface area contributed by atoms with Crippen molar-refractivity contribution in [2.45, 2.75) is 32.1 Å². The van der Waals surface area contributed by atoms with Crippen LogP contribution in [0.5, 0.6) is 5.75 Å². The zero-order valence-corrected chi connectivity index (χ0v) is 11.0. The first kappa shape index (κ1) is 13.3. The lowest BCUT2D eigenvalue weighted by Gasteiger charge is -2.26. The number of para-hydroxylation sites is 1. The van der Waals surface area contributed by atoms with Crippen LogP contribution >= 0.6 is 0 Å². The molecule has 1 unspecified atom stereocenters. The topological polar surface area (TPSA) is 53.7 Å². The summed E-state index contributed by atoms with van der Waals surface area (Å²) in [6.07, 6.45) is 0.622. The van der Waals surface area contributed by atoms with Crippen LogP contribution in [-0.2, 0) is 9.47 Å². The van der Waals surface area contributed by atoms with Gasteiger partial charge in [-0.05, 0) is 19.9 Å². The van der Waals surface area contributed by atoms with E-state index < -0.39 is 5.79 Å². The van der Waals surface area contributed by atoms with E-state index in [0.29, 0.717) is 26.2 Å². The first-order chi connectivity index (χ1) is 8.64. The molecule has 18 heavy (non-hydrogen) atoms. The van der Waals surface area contributed by atoms with E-state index in [9.17, 15) is 0 Å². The zero-order chi connectivity index (χ0) is 13.0. The fourth-order valence-electron chi connectivity index (χ4n) is 2.26. The predicted octanol–water partition coefficient (Wildman–Crippen LogP) is 2.24. The molecule has 0 spiro atoms. The van der Waals surface area contributed by atoms with Gasteiger partial charge in [0.15, 0.2) is 5.79 Å². The number of rotatable bonds is 5. The van der Waals surface area contributed by atoms with Gasteiger partial charge in [-0.15, -0.1) is 0 Å². The Hall–Kier alpha value is -1.10. The molecule has 1 aromatic rings. The molecule has 0 amide bonds. The molecule has 1 aliphatic rings. The predicted molar refractivity (Wildman–Crippen MR) is 69.5 cm³/mol. The van der Waals surface area contributed by atoms with Gasteiger partial charge in [0.05, 0.1) is 19.8 Å². The maximum absolute atomic E-state index is 6.25. The molecule has 1 aliphatic heterocycles. The maximum atomic E-state index is 6.25. The monoisotopic (exact) mass is 251 g/mol. The fourth-order valence-corrected chi connectivity index (χ4v) is 2.26. The number of hydrogen-bond donors (Lipinski definition) is 1. The molecular weight excluding hydrogens is 230 g/mol. The Bertz CT molecular complexity index is 388. The van der Waals surface area contributed by atoms with E-state index in [1.807, 2.05) is 38.1 Å². The van der Waals surface area contributed by atoms with Crippen LogP contribution in [0.15, 0.2) is 24.3 Å². The van der Waals surface area contributed by atoms with Gasteiger partial charge in [-0.2, -0.15) is 0 Å². The average molecular weight is 251 g/mol. The molecule has 0 saturated carbocycles. The van der Waals surface area contributed by atoms with Crippen molar-refractivity contribution in [3.8, 4) is 5.75 Å². The first-order valence-electron chi connectivity index (χ1n) is 6.40. The summed E-state index contributed by atoms with van der Waals surface area (Å²) in [6, 6.07) is 7.70. The second-order valence-electron chi connectivity index (χ2n) is 4.61. The third kappa shape index (κ3) is 3.02. The minimum atomic E-state index is -0.571. The molecule has 1 heterocycles. The number of benzene rings is 1. The van der Waals surface area contributed by atoms with Crippen molar-refractivity contribution in [1.29, 1.82) is 0 Å². The summed E-state index contributed by atoms with van der Waals surface area (Å²) in [5, 5.41) is 0. The molecule has 1 saturated heterocycles. The van der Waals surface area contributed by atoms with E-state index in [0.717, 1.165) is 11.3 Å². The molecule has 1 atom stereocenters. The van der Waals surface area contributed by atoms with Gasteiger partial charge in [0.25, 0.3) is 0 Å². The summed E-state index contributed by atoms with van der Waals surface area (Å²) >= 11 is 0. The van der Waals surface area contributed by atoms with Crippen molar-refractivity contribution in [2.75, 3.05) is 19.8 Å². The maximum Gasteiger partial charge on any atom is 0.167 e. The Morgan fingerprint density at radius 1 is 1.33 bits per heavy atom. The van der Waals surface area contributed by atoms with E-state index in [4.69, 9.17) is 19.9 Å². The van der Waals surface area contributed by atoms with E-state index in [1.165, 1.54) is 0 Å². The summed E-state index contributed by atoms with van der Waals surface area (Å²) in [5.74, 6) is 0.271. The van der Waals surface area contributed by atoms with Gasteiger partial charge in [0, 0.05) is 18.0 Å². The molecule has 0 aliphatic carbocycles. The van der Waals surface area contributed by atoms with Gasteiger partial charge in [-0.25, -0.2) is 0 Å². The van der Waals surface area contributed by atoms with Gasteiger partial charge in [0.1, 0.15) is 5.75 Å². The second-order valence-corrected chi connectivity index (χ2v) is 4.61. The molecule has 100 valence electrons. The van der Waals surface area contributed by atoms with Crippen LogP contribution in [0, 0.1) is 0 Å². The standard InChI is InChI=1S/C14H21NO3/c1-3-16-13-7-5-4-6-11(13)12(15)10-14(2)17-8-9-18-14/h4-7,12H,3,8-10,15H2,1-2H3. The van der Waals surface area contributed by atoms with Crippen LogP contribution in [0.1, 0.15) is 31.9 Å².